The van der Waals surface area contributed by atoms with E-state index in [9.17, 15) is 9.18 Å². The number of nitrogens with one attached hydrogen (secondary N) is 2. The minimum atomic E-state index is -0.573. The maximum Gasteiger partial charge on any atom is 0.253 e. The molecule has 5 heteroatoms. The largest absolute Gasteiger partial charge is 0.347 e. The predicted molar refractivity (Wildman–Crippen MR) is 55.5 cm³/mol. The van der Waals surface area contributed by atoms with Crippen LogP contribution in [0.5, 0.6) is 0 Å². The molecule has 1 heterocycles. The van der Waals surface area contributed by atoms with Crippen LogP contribution in [0.1, 0.15) is 10.4 Å². The second-order valence-electron chi connectivity index (χ2n) is 3.43. The molecular weight excluding hydrogens is 219 g/mol. The maximum absolute atomic E-state index is 13.0. The molecule has 3 nitrogen and oxygen atoms in total. The molecule has 0 spiro atoms. The summed E-state index contributed by atoms with van der Waals surface area (Å²) in [5.41, 5.74) is 0.184. The maximum atomic E-state index is 13.0. The van der Waals surface area contributed by atoms with Gasteiger partial charge in [-0.3, -0.25) is 4.79 Å². The number of benzene rings is 1. The fraction of sp³-hybridized carbons (Fsp3) is 0.300. The Morgan fingerprint density at radius 1 is 1.53 bits per heavy atom. The summed E-state index contributed by atoms with van der Waals surface area (Å²) in [5, 5.41) is 5.65. The molecule has 0 saturated carbocycles. The van der Waals surface area contributed by atoms with Crippen molar-refractivity contribution in [2.75, 3.05) is 13.1 Å². The number of rotatable bonds is 2. The highest BCUT2D eigenvalue weighted by Crippen LogP contribution is 2.19. The van der Waals surface area contributed by atoms with Gasteiger partial charge >= 0.3 is 0 Å². The Kier molecular flexibility index (Phi) is 2.88. The van der Waals surface area contributed by atoms with Crippen molar-refractivity contribution in [1.82, 2.24) is 10.6 Å². The Morgan fingerprint density at radius 2 is 2.27 bits per heavy atom. The molecule has 15 heavy (non-hydrogen) atoms. The van der Waals surface area contributed by atoms with E-state index in [0.717, 1.165) is 13.1 Å². The van der Waals surface area contributed by atoms with Crippen LogP contribution in [0.2, 0.25) is 5.02 Å². The van der Waals surface area contributed by atoms with Crippen LogP contribution in [0.4, 0.5) is 4.39 Å². The zero-order valence-electron chi connectivity index (χ0n) is 7.89. The Balaban J connectivity index is 2.13. The van der Waals surface area contributed by atoms with E-state index in [0.29, 0.717) is 0 Å². The highest BCUT2D eigenvalue weighted by atomic mass is 35.5. The molecule has 1 amide bonds. The van der Waals surface area contributed by atoms with Crippen molar-refractivity contribution in [3.05, 3.63) is 34.6 Å². The number of hydrogen-bond acceptors (Lipinski definition) is 2. The molecule has 0 aromatic heterocycles. The zero-order valence-corrected chi connectivity index (χ0v) is 8.64. The molecule has 1 aromatic rings. The van der Waals surface area contributed by atoms with Crippen LogP contribution >= 0.6 is 11.6 Å². The van der Waals surface area contributed by atoms with Gasteiger partial charge in [0.15, 0.2) is 0 Å². The predicted octanol–water partition coefficient (Wildman–Crippen LogP) is 1.18. The van der Waals surface area contributed by atoms with Crippen LogP contribution in [-0.2, 0) is 0 Å². The smallest absolute Gasteiger partial charge is 0.253 e. The van der Waals surface area contributed by atoms with Crippen LogP contribution in [0.3, 0.4) is 0 Å². The van der Waals surface area contributed by atoms with Crippen molar-refractivity contribution in [2.45, 2.75) is 6.04 Å². The zero-order chi connectivity index (χ0) is 10.8. The van der Waals surface area contributed by atoms with E-state index >= 15 is 0 Å². The summed E-state index contributed by atoms with van der Waals surface area (Å²) >= 11 is 5.68. The molecule has 1 saturated heterocycles. The van der Waals surface area contributed by atoms with E-state index in [4.69, 9.17) is 11.6 Å². The molecule has 1 aliphatic heterocycles. The number of hydrogen-bond donors (Lipinski definition) is 2. The summed E-state index contributed by atoms with van der Waals surface area (Å²) in [6, 6.07) is 4.32. The van der Waals surface area contributed by atoms with Crippen molar-refractivity contribution in [3.63, 3.8) is 0 Å². The van der Waals surface area contributed by atoms with E-state index in [-0.39, 0.29) is 22.5 Å². The fourth-order valence-corrected chi connectivity index (χ4v) is 1.54. The van der Waals surface area contributed by atoms with Gasteiger partial charge in [0.25, 0.3) is 5.91 Å². The second kappa shape index (κ2) is 4.16. The molecule has 0 bridgehead atoms. The lowest BCUT2D eigenvalue weighted by atomic mass is 10.1. The first-order valence-electron chi connectivity index (χ1n) is 4.64. The molecule has 0 atom stereocenters. The van der Waals surface area contributed by atoms with E-state index in [1.165, 1.54) is 18.2 Å². The summed E-state index contributed by atoms with van der Waals surface area (Å²) in [5.74, 6) is -0.901. The quantitative estimate of drug-likeness (QED) is 0.798. The average molecular weight is 229 g/mol. The van der Waals surface area contributed by atoms with Gasteiger partial charge in [0.05, 0.1) is 16.6 Å². The minimum Gasteiger partial charge on any atom is -0.347 e. The van der Waals surface area contributed by atoms with E-state index in [1.807, 2.05) is 0 Å². The number of carbonyl (C=O) groups excluding carboxylic acids is 1. The lowest BCUT2D eigenvalue weighted by Crippen LogP contribution is -2.56. The van der Waals surface area contributed by atoms with Gasteiger partial charge in [0.2, 0.25) is 0 Å². The molecule has 2 rings (SSSR count). The standard InChI is InChI=1S/C10H10ClFN2O/c11-9-7(2-1-3-8(9)12)10(15)14-6-4-13-5-6/h1-3,6,13H,4-5H2,(H,14,15). The third kappa shape index (κ3) is 2.11. The second-order valence-corrected chi connectivity index (χ2v) is 3.81. The molecule has 0 unspecified atom stereocenters. The van der Waals surface area contributed by atoms with Crippen molar-refractivity contribution < 1.29 is 9.18 Å². The summed E-state index contributed by atoms with van der Waals surface area (Å²) in [4.78, 5) is 11.6. The average Bonchev–Trinajstić information content (AvgIpc) is 2.15. The van der Waals surface area contributed by atoms with Crippen molar-refractivity contribution in [1.29, 1.82) is 0 Å². The topological polar surface area (TPSA) is 41.1 Å². The Morgan fingerprint density at radius 3 is 2.87 bits per heavy atom. The third-order valence-corrected chi connectivity index (χ3v) is 2.70. The highest BCUT2D eigenvalue weighted by molar-refractivity contribution is 6.34. The van der Waals surface area contributed by atoms with Gasteiger partial charge < -0.3 is 10.6 Å². The Bertz CT molecular complexity index is 393. The molecule has 0 radical (unpaired) electrons. The monoisotopic (exact) mass is 228 g/mol. The van der Waals surface area contributed by atoms with Gasteiger partial charge in [0.1, 0.15) is 5.82 Å². The number of carbonyl (C=O) groups is 1. The lowest BCUT2D eigenvalue weighted by Gasteiger charge is -2.28. The molecule has 2 N–H and O–H groups in total. The summed E-state index contributed by atoms with van der Waals surface area (Å²) in [7, 11) is 0. The molecule has 1 fully saturated rings. The van der Waals surface area contributed by atoms with Crippen LogP contribution in [-0.4, -0.2) is 25.0 Å². The first-order valence-corrected chi connectivity index (χ1v) is 5.02. The normalized spacial score (nSPS) is 15.9. The van der Waals surface area contributed by atoms with Crippen LogP contribution in [0, 0.1) is 5.82 Å². The van der Waals surface area contributed by atoms with Crippen molar-refractivity contribution in [3.8, 4) is 0 Å². The molecule has 80 valence electrons. The Hall–Kier alpha value is -1.13. The number of halogens is 2. The van der Waals surface area contributed by atoms with Crippen LogP contribution in [0.15, 0.2) is 18.2 Å². The fourth-order valence-electron chi connectivity index (χ4n) is 1.33. The van der Waals surface area contributed by atoms with Gasteiger partial charge in [-0.1, -0.05) is 17.7 Å². The van der Waals surface area contributed by atoms with Crippen molar-refractivity contribution in [2.24, 2.45) is 0 Å². The van der Waals surface area contributed by atoms with E-state index < -0.39 is 5.82 Å². The Labute approximate surface area is 91.6 Å². The lowest BCUT2D eigenvalue weighted by molar-refractivity contribution is 0.0923. The molecule has 0 aliphatic carbocycles. The van der Waals surface area contributed by atoms with Gasteiger partial charge in [-0.05, 0) is 12.1 Å². The molecule has 1 aliphatic rings. The summed E-state index contributed by atoms with van der Waals surface area (Å²) < 4.78 is 13.0. The molecule has 1 aromatic carbocycles. The number of amides is 1. The summed E-state index contributed by atoms with van der Waals surface area (Å²) in [6.07, 6.45) is 0. The minimum absolute atomic E-state index is 0.122. The SMILES string of the molecule is O=C(NC1CNC1)c1cccc(F)c1Cl. The van der Waals surface area contributed by atoms with Gasteiger partial charge in [-0.15, -0.1) is 0 Å². The first kappa shape index (κ1) is 10.4. The summed E-state index contributed by atoms with van der Waals surface area (Å²) in [6.45, 7) is 1.50. The third-order valence-electron chi connectivity index (χ3n) is 2.31. The van der Waals surface area contributed by atoms with Gasteiger partial charge in [-0.25, -0.2) is 4.39 Å². The van der Waals surface area contributed by atoms with Crippen LogP contribution in [0.25, 0.3) is 0 Å². The van der Waals surface area contributed by atoms with Gasteiger partial charge in [0, 0.05) is 13.1 Å². The first-order chi connectivity index (χ1) is 7.18. The van der Waals surface area contributed by atoms with Crippen LogP contribution < -0.4 is 10.6 Å². The van der Waals surface area contributed by atoms with Crippen molar-refractivity contribution >= 4 is 17.5 Å². The van der Waals surface area contributed by atoms with Gasteiger partial charge in [-0.2, -0.15) is 0 Å². The van der Waals surface area contributed by atoms with E-state index in [1.54, 1.807) is 0 Å². The highest BCUT2D eigenvalue weighted by Gasteiger charge is 2.21. The molecular formula is C10H10ClFN2O. The van der Waals surface area contributed by atoms with E-state index in [2.05, 4.69) is 10.6 Å².